The van der Waals surface area contributed by atoms with E-state index in [4.69, 9.17) is 4.74 Å². The van der Waals surface area contributed by atoms with Gasteiger partial charge in [0, 0.05) is 12.5 Å². The van der Waals surface area contributed by atoms with Crippen molar-refractivity contribution < 1.29 is 9.53 Å². The fourth-order valence-electron chi connectivity index (χ4n) is 2.02. The summed E-state index contributed by atoms with van der Waals surface area (Å²) in [6.07, 6.45) is 4.25. The number of ether oxygens (including phenoxy) is 1. The Morgan fingerprint density at radius 1 is 1.41 bits per heavy atom. The minimum Gasteiger partial charge on any atom is -0.379 e. The van der Waals surface area contributed by atoms with Crippen LogP contribution >= 0.6 is 0 Å². The van der Waals surface area contributed by atoms with Gasteiger partial charge in [0.2, 0.25) is 5.82 Å². The van der Waals surface area contributed by atoms with Gasteiger partial charge in [-0.3, -0.25) is 9.89 Å². The smallest absolute Gasteiger partial charge is 0.291 e. The lowest BCUT2D eigenvalue weighted by molar-refractivity contribution is 0.0619. The van der Waals surface area contributed by atoms with E-state index in [2.05, 4.69) is 20.5 Å². The van der Waals surface area contributed by atoms with Gasteiger partial charge in [0.1, 0.15) is 5.82 Å². The van der Waals surface area contributed by atoms with Crippen LogP contribution in [-0.2, 0) is 4.74 Å². The molecule has 1 unspecified atom stereocenters. The number of H-pyrrole nitrogens is 1. The largest absolute Gasteiger partial charge is 0.379 e. The molecule has 2 N–H and O–H groups in total. The van der Waals surface area contributed by atoms with Crippen molar-refractivity contribution in [2.75, 3.05) is 13.2 Å². The van der Waals surface area contributed by atoms with Crippen molar-refractivity contribution in [2.45, 2.75) is 37.6 Å². The molecule has 1 amide bonds. The average molecular weight is 236 g/mol. The highest BCUT2D eigenvalue weighted by Crippen LogP contribution is 2.37. The van der Waals surface area contributed by atoms with Gasteiger partial charge in [-0.05, 0) is 25.7 Å². The number of carbonyl (C=O) groups excluding carboxylic acids is 1. The van der Waals surface area contributed by atoms with E-state index in [0.717, 1.165) is 38.1 Å². The van der Waals surface area contributed by atoms with E-state index < -0.39 is 0 Å². The lowest BCUT2D eigenvalue weighted by Crippen LogP contribution is -2.41. The Bertz CT molecular complexity index is 407. The Morgan fingerprint density at radius 3 is 3.00 bits per heavy atom. The molecule has 1 aromatic heterocycles. The Hall–Kier alpha value is -1.43. The molecule has 6 heteroatoms. The van der Waals surface area contributed by atoms with Gasteiger partial charge in [-0.2, -0.15) is 0 Å². The third kappa shape index (κ3) is 2.46. The molecule has 1 saturated heterocycles. The van der Waals surface area contributed by atoms with Crippen molar-refractivity contribution in [3.63, 3.8) is 0 Å². The fourth-order valence-corrected chi connectivity index (χ4v) is 2.02. The normalized spacial score (nSPS) is 24.6. The summed E-state index contributed by atoms with van der Waals surface area (Å²) in [5.41, 5.74) is 0. The second-order valence-electron chi connectivity index (χ2n) is 4.71. The van der Waals surface area contributed by atoms with Crippen molar-refractivity contribution in [3.8, 4) is 0 Å². The molecule has 0 aromatic carbocycles. The molecular formula is C11H16N4O2. The highest BCUT2D eigenvalue weighted by atomic mass is 16.5. The molecule has 17 heavy (non-hydrogen) atoms. The number of amides is 1. The maximum atomic E-state index is 11.9. The molecule has 2 heterocycles. The van der Waals surface area contributed by atoms with E-state index >= 15 is 0 Å². The van der Waals surface area contributed by atoms with Crippen LogP contribution in [0.25, 0.3) is 0 Å². The lowest BCUT2D eigenvalue weighted by Gasteiger charge is -2.22. The van der Waals surface area contributed by atoms with Gasteiger partial charge < -0.3 is 10.1 Å². The molecule has 1 aliphatic heterocycles. The van der Waals surface area contributed by atoms with Crippen LogP contribution in [0.4, 0.5) is 0 Å². The number of nitrogens with zero attached hydrogens (tertiary/aromatic N) is 2. The third-order valence-electron chi connectivity index (χ3n) is 3.17. The van der Waals surface area contributed by atoms with Gasteiger partial charge >= 0.3 is 0 Å². The van der Waals surface area contributed by atoms with E-state index in [1.165, 1.54) is 0 Å². The first kappa shape index (κ1) is 10.7. The molecule has 1 saturated carbocycles. The summed E-state index contributed by atoms with van der Waals surface area (Å²) < 4.78 is 5.31. The molecule has 1 aliphatic carbocycles. The molecule has 0 radical (unpaired) electrons. The summed E-state index contributed by atoms with van der Waals surface area (Å²) in [7, 11) is 0. The number of hydrogen-bond acceptors (Lipinski definition) is 4. The molecule has 1 atom stereocenters. The predicted molar refractivity (Wildman–Crippen MR) is 59.7 cm³/mol. The van der Waals surface area contributed by atoms with E-state index in [1.54, 1.807) is 0 Å². The molecule has 92 valence electrons. The van der Waals surface area contributed by atoms with Gasteiger partial charge in [0.15, 0.2) is 0 Å². The lowest BCUT2D eigenvalue weighted by atomic mass is 10.1. The average Bonchev–Trinajstić information content (AvgIpc) is 3.08. The number of aromatic nitrogens is 3. The molecule has 6 nitrogen and oxygen atoms in total. The minimum atomic E-state index is -0.205. The van der Waals surface area contributed by atoms with Crippen LogP contribution in [0, 0.1) is 0 Å². The van der Waals surface area contributed by atoms with Gasteiger partial charge in [0.25, 0.3) is 5.91 Å². The van der Waals surface area contributed by atoms with Crippen LogP contribution in [0.1, 0.15) is 48.0 Å². The number of carbonyl (C=O) groups is 1. The number of rotatable bonds is 3. The fraction of sp³-hybridized carbons (Fsp3) is 0.727. The highest BCUT2D eigenvalue weighted by Gasteiger charge is 2.28. The van der Waals surface area contributed by atoms with E-state index in [9.17, 15) is 4.79 Å². The van der Waals surface area contributed by atoms with Crippen LogP contribution in [-0.4, -0.2) is 40.3 Å². The summed E-state index contributed by atoms with van der Waals surface area (Å²) in [6, 6.07) is 0.0964. The molecule has 1 aromatic rings. The van der Waals surface area contributed by atoms with Gasteiger partial charge in [-0.25, -0.2) is 4.98 Å². The zero-order valence-corrected chi connectivity index (χ0v) is 9.61. The molecule has 3 rings (SSSR count). The van der Waals surface area contributed by atoms with Gasteiger partial charge in [0.05, 0.1) is 12.6 Å². The molecule has 0 bridgehead atoms. The highest BCUT2D eigenvalue weighted by molar-refractivity contribution is 5.90. The first-order chi connectivity index (χ1) is 8.33. The van der Waals surface area contributed by atoms with Crippen LogP contribution in [0.3, 0.4) is 0 Å². The quantitative estimate of drug-likeness (QED) is 0.805. The molecular weight excluding hydrogens is 220 g/mol. The minimum absolute atomic E-state index is 0.0964. The number of aromatic amines is 1. The second kappa shape index (κ2) is 4.44. The first-order valence-electron chi connectivity index (χ1n) is 6.14. The van der Waals surface area contributed by atoms with E-state index in [1.807, 2.05) is 0 Å². The van der Waals surface area contributed by atoms with Crippen molar-refractivity contribution >= 4 is 5.91 Å². The predicted octanol–water partition coefficient (Wildman–Crippen LogP) is 0.591. The summed E-state index contributed by atoms with van der Waals surface area (Å²) in [5.74, 6) is 1.37. The number of hydrogen-bond donors (Lipinski definition) is 2. The van der Waals surface area contributed by atoms with Crippen molar-refractivity contribution in [3.05, 3.63) is 11.6 Å². The second-order valence-corrected chi connectivity index (χ2v) is 4.71. The van der Waals surface area contributed by atoms with Crippen LogP contribution < -0.4 is 5.32 Å². The van der Waals surface area contributed by atoms with Crippen LogP contribution in [0.15, 0.2) is 0 Å². The Balaban J connectivity index is 1.59. The van der Waals surface area contributed by atoms with Crippen molar-refractivity contribution in [1.82, 2.24) is 20.5 Å². The van der Waals surface area contributed by atoms with Gasteiger partial charge in [-0.1, -0.05) is 0 Å². The summed E-state index contributed by atoms with van der Waals surface area (Å²) in [6.45, 7) is 1.38. The Morgan fingerprint density at radius 2 is 2.29 bits per heavy atom. The maximum absolute atomic E-state index is 11.9. The van der Waals surface area contributed by atoms with Crippen LogP contribution in [0.5, 0.6) is 0 Å². The molecule has 2 aliphatic rings. The maximum Gasteiger partial charge on any atom is 0.291 e. The molecule has 2 fully saturated rings. The summed E-state index contributed by atoms with van der Waals surface area (Å²) in [5, 5.41) is 9.69. The van der Waals surface area contributed by atoms with Crippen molar-refractivity contribution in [1.29, 1.82) is 0 Å². The topological polar surface area (TPSA) is 79.9 Å². The summed E-state index contributed by atoms with van der Waals surface area (Å²) in [4.78, 5) is 16.1. The van der Waals surface area contributed by atoms with Crippen LogP contribution in [0.2, 0.25) is 0 Å². The standard InChI is InChI=1S/C11H16N4O2/c16-11(12-8-2-1-5-17-6-8)10-13-9(14-15-10)7-3-4-7/h7-8H,1-6H2,(H,12,16)(H,13,14,15). The number of nitrogens with one attached hydrogen (secondary N) is 2. The Labute approximate surface area is 99.1 Å². The monoisotopic (exact) mass is 236 g/mol. The SMILES string of the molecule is O=C(NC1CCCOC1)c1n[nH]c(C2CC2)n1. The zero-order chi connectivity index (χ0) is 11.7. The van der Waals surface area contributed by atoms with E-state index in [-0.39, 0.29) is 17.8 Å². The summed E-state index contributed by atoms with van der Waals surface area (Å²) >= 11 is 0. The van der Waals surface area contributed by atoms with Gasteiger partial charge in [-0.15, -0.1) is 5.10 Å². The Kier molecular flexibility index (Phi) is 2.80. The van der Waals surface area contributed by atoms with Crippen molar-refractivity contribution in [2.24, 2.45) is 0 Å². The third-order valence-corrected chi connectivity index (χ3v) is 3.17. The zero-order valence-electron chi connectivity index (χ0n) is 9.61. The first-order valence-corrected chi connectivity index (χ1v) is 6.14. The van der Waals surface area contributed by atoms with E-state index in [0.29, 0.717) is 12.5 Å². The molecule has 0 spiro atoms.